The zero-order valence-corrected chi connectivity index (χ0v) is 9.39. The lowest BCUT2D eigenvalue weighted by Gasteiger charge is -1.98. The summed E-state index contributed by atoms with van der Waals surface area (Å²) in [6.07, 6.45) is 8.77. The van der Waals surface area contributed by atoms with E-state index in [4.69, 9.17) is 0 Å². The molecule has 0 aromatic heterocycles. The molecular weight excluding hydrogens is 147 g/mol. The average Bonchev–Trinajstić information content (AvgIpc) is 2.03. The minimum absolute atomic E-state index is 0.805. The van der Waals surface area contributed by atoms with E-state index in [2.05, 4.69) is 13.8 Å². The molecule has 11 heavy (non-hydrogen) atoms. The lowest BCUT2D eigenvalue weighted by atomic mass is 10.1. The zero-order chi connectivity index (χ0) is 8.36. The van der Waals surface area contributed by atoms with E-state index in [0.717, 1.165) is 15.2 Å². The number of rotatable bonds is 8. The molecule has 0 saturated heterocycles. The highest BCUT2D eigenvalue weighted by molar-refractivity contribution is 6.35. The highest BCUT2D eigenvalue weighted by atomic mass is 27.1. The predicted molar refractivity (Wildman–Crippen MR) is 54.4 cm³/mol. The Kier molecular flexibility index (Phi) is 11.0. The van der Waals surface area contributed by atoms with Gasteiger partial charge in [0, 0.05) is 0 Å². The third-order valence-electron chi connectivity index (χ3n) is 2.05. The van der Waals surface area contributed by atoms with Gasteiger partial charge in [0.05, 0.1) is 0 Å². The van der Waals surface area contributed by atoms with Gasteiger partial charge in [-0.25, -0.2) is 0 Å². The monoisotopic (exact) mass is 169 g/mol. The van der Waals surface area contributed by atoms with Crippen molar-refractivity contribution in [3.63, 3.8) is 0 Å². The van der Waals surface area contributed by atoms with E-state index in [0.29, 0.717) is 0 Å². The maximum Gasteiger partial charge on any atom is 0.199 e. The Labute approximate surface area is 78.5 Å². The van der Waals surface area contributed by atoms with E-state index in [-0.39, 0.29) is 0 Å². The van der Waals surface area contributed by atoms with Crippen LogP contribution in [0, 0.1) is 0 Å². The normalized spacial score (nSPS) is 10.0. The summed E-state index contributed by atoms with van der Waals surface area (Å²) >= 11 is 0.805. The summed E-state index contributed by atoms with van der Waals surface area (Å²) in [5.41, 5.74) is 0. The van der Waals surface area contributed by atoms with E-state index in [1.54, 1.807) is 5.28 Å². The number of hydrogen-bond acceptors (Lipinski definition) is 0. The summed E-state index contributed by atoms with van der Waals surface area (Å²) in [7, 11) is 0. The lowest BCUT2D eigenvalue weighted by molar-refractivity contribution is 0.624. The summed E-state index contributed by atoms with van der Waals surface area (Å²) in [5, 5.41) is 3.00. The van der Waals surface area contributed by atoms with Crippen molar-refractivity contribution in [1.82, 2.24) is 0 Å². The molecule has 0 aliphatic carbocycles. The second-order valence-corrected chi connectivity index (χ2v) is 5.22. The molecule has 0 N–H and O–H groups in total. The van der Waals surface area contributed by atoms with Crippen LogP contribution in [0.4, 0.5) is 0 Å². The van der Waals surface area contributed by atoms with Gasteiger partial charge >= 0.3 is 0 Å². The second kappa shape index (κ2) is 10.5. The van der Waals surface area contributed by atoms with Crippen LogP contribution in [0.25, 0.3) is 0 Å². The van der Waals surface area contributed by atoms with Gasteiger partial charge in [0.25, 0.3) is 0 Å². The molecule has 0 aliphatic heterocycles. The molecular formula is C10H22Al. The Morgan fingerprint density at radius 3 is 2.09 bits per heavy atom. The van der Waals surface area contributed by atoms with Crippen molar-refractivity contribution < 1.29 is 0 Å². The highest BCUT2D eigenvalue weighted by Crippen LogP contribution is 2.06. The Hall–Kier alpha value is 0.532. The first-order valence-electron chi connectivity index (χ1n) is 5.23. The van der Waals surface area contributed by atoms with Crippen LogP contribution in [0.3, 0.4) is 0 Å². The summed E-state index contributed by atoms with van der Waals surface area (Å²) in [5.74, 6) is 0. The van der Waals surface area contributed by atoms with Crippen molar-refractivity contribution in [3.8, 4) is 0 Å². The first-order valence-corrected chi connectivity index (χ1v) is 6.86. The van der Waals surface area contributed by atoms with Crippen molar-refractivity contribution in [2.24, 2.45) is 0 Å². The average molecular weight is 169 g/mol. The largest absolute Gasteiger partial charge is 0.199 e. The van der Waals surface area contributed by atoms with Crippen LogP contribution in [-0.4, -0.2) is 15.2 Å². The fourth-order valence-corrected chi connectivity index (χ4v) is 2.26. The van der Waals surface area contributed by atoms with E-state index >= 15 is 0 Å². The van der Waals surface area contributed by atoms with Crippen LogP contribution in [0.15, 0.2) is 0 Å². The van der Waals surface area contributed by atoms with Gasteiger partial charge in [0.1, 0.15) is 0 Å². The van der Waals surface area contributed by atoms with Gasteiger partial charge < -0.3 is 0 Å². The maximum absolute atomic E-state index is 2.31. The molecule has 0 aromatic rings. The Morgan fingerprint density at radius 2 is 1.45 bits per heavy atom. The van der Waals surface area contributed by atoms with Crippen molar-refractivity contribution in [2.75, 3.05) is 0 Å². The van der Waals surface area contributed by atoms with Crippen LogP contribution < -0.4 is 0 Å². The Bertz CT molecular complexity index is 53.9. The zero-order valence-electron chi connectivity index (χ0n) is 8.23. The molecule has 0 fully saturated rings. The van der Waals surface area contributed by atoms with Crippen molar-refractivity contribution in [3.05, 3.63) is 0 Å². The molecule has 0 aromatic carbocycles. The molecule has 0 bridgehead atoms. The third-order valence-corrected chi connectivity index (χ3v) is 3.44. The quantitative estimate of drug-likeness (QED) is 0.382. The molecule has 0 unspecified atom stereocenters. The van der Waals surface area contributed by atoms with Gasteiger partial charge in [0.2, 0.25) is 0 Å². The van der Waals surface area contributed by atoms with Crippen LogP contribution in [-0.2, 0) is 0 Å². The van der Waals surface area contributed by atoms with Gasteiger partial charge in [-0.2, -0.15) is 0 Å². The Morgan fingerprint density at radius 1 is 0.818 bits per heavy atom. The predicted octanol–water partition coefficient (Wildman–Crippen LogP) is 3.91. The number of unbranched alkanes of at least 4 members (excludes halogenated alkanes) is 5. The summed E-state index contributed by atoms with van der Waals surface area (Å²) in [6.45, 7) is 4.59. The van der Waals surface area contributed by atoms with Crippen LogP contribution in [0.1, 0.15) is 52.4 Å². The molecule has 0 aliphatic rings. The SMILES string of the molecule is CCCCCCC[CH2][Al][CH2]C. The van der Waals surface area contributed by atoms with Crippen LogP contribution in [0.5, 0.6) is 0 Å². The van der Waals surface area contributed by atoms with E-state index in [9.17, 15) is 0 Å². The van der Waals surface area contributed by atoms with Crippen molar-refractivity contribution >= 4 is 15.2 Å². The van der Waals surface area contributed by atoms with Crippen LogP contribution in [0.2, 0.25) is 10.6 Å². The van der Waals surface area contributed by atoms with Gasteiger partial charge in [-0.3, -0.25) is 0 Å². The van der Waals surface area contributed by atoms with Gasteiger partial charge in [-0.05, 0) is 0 Å². The van der Waals surface area contributed by atoms with E-state index < -0.39 is 0 Å². The third kappa shape index (κ3) is 10.5. The summed E-state index contributed by atoms with van der Waals surface area (Å²) < 4.78 is 0. The van der Waals surface area contributed by atoms with Crippen LogP contribution >= 0.6 is 0 Å². The maximum atomic E-state index is 2.31. The van der Waals surface area contributed by atoms with Gasteiger partial charge in [-0.1, -0.05) is 52.4 Å². The fraction of sp³-hybridized carbons (Fsp3) is 1.00. The standard InChI is InChI=1S/C8H17.C2H5.Al/c1-3-5-7-8-6-4-2;1-2;/h1,3-8H2,2H3;1H2,2H3;. The molecule has 1 heteroatoms. The molecule has 0 nitrogen and oxygen atoms in total. The first-order chi connectivity index (χ1) is 5.41. The molecule has 0 saturated carbocycles. The van der Waals surface area contributed by atoms with Gasteiger partial charge in [0.15, 0.2) is 15.2 Å². The summed E-state index contributed by atoms with van der Waals surface area (Å²) in [4.78, 5) is 0. The molecule has 65 valence electrons. The second-order valence-electron chi connectivity index (χ2n) is 3.25. The Balaban J connectivity index is 2.69. The molecule has 0 spiro atoms. The summed E-state index contributed by atoms with van der Waals surface area (Å²) in [6, 6.07) is 0. The molecule has 0 atom stereocenters. The first kappa shape index (κ1) is 11.5. The molecule has 0 heterocycles. The van der Waals surface area contributed by atoms with E-state index in [1.807, 2.05) is 0 Å². The minimum Gasteiger partial charge on any atom is -0.106 e. The molecule has 1 radical (unpaired) electrons. The highest BCUT2D eigenvalue weighted by Gasteiger charge is 1.90. The van der Waals surface area contributed by atoms with Gasteiger partial charge in [-0.15, -0.1) is 10.6 Å². The molecule has 0 amide bonds. The lowest BCUT2D eigenvalue weighted by Crippen LogP contribution is -1.85. The van der Waals surface area contributed by atoms with E-state index in [1.165, 1.54) is 43.8 Å². The van der Waals surface area contributed by atoms with Crippen molar-refractivity contribution in [2.45, 2.75) is 62.9 Å². The minimum atomic E-state index is 0.805. The number of hydrogen-bond donors (Lipinski definition) is 0. The topological polar surface area (TPSA) is 0 Å². The van der Waals surface area contributed by atoms with Crippen molar-refractivity contribution in [1.29, 1.82) is 0 Å². The fourth-order valence-electron chi connectivity index (χ4n) is 1.27. The smallest absolute Gasteiger partial charge is 0.106 e. The molecule has 0 rings (SSSR count).